The molecule has 0 bridgehead atoms. The number of carbonyl (C=O) groups excluding carboxylic acids is 1. The predicted molar refractivity (Wildman–Crippen MR) is 65.4 cm³/mol. The monoisotopic (exact) mass is 254 g/mol. The van der Waals surface area contributed by atoms with E-state index in [-0.39, 0.29) is 22.8 Å². The Labute approximate surface area is 104 Å². The molecule has 0 saturated heterocycles. The van der Waals surface area contributed by atoms with Gasteiger partial charge in [-0.1, -0.05) is 11.6 Å². The lowest BCUT2D eigenvalue weighted by molar-refractivity contribution is 0.0999. The topological polar surface area (TPSA) is 41.5 Å². The maximum Gasteiger partial charge on any atom is 0.171 e. The van der Waals surface area contributed by atoms with Crippen LogP contribution in [0.3, 0.4) is 0 Å². The highest BCUT2D eigenvalue weighted by Gasteiger charge is 2.17. The number of rotatable bonds is 3. The summed E-state index contributed by atoms with van der Waals surface area (Å²) >= 11 is 5.93. The van der Waals surface area contributed by atoms with Crippen LogP contribution < -0.4 is 5.32 Å². The fourth-order valence-corrected chi connectivity index (χ4v) is 2.00. The largest absolute Gasteiger partial charge is 0.372 e. The van der Waals surface area contributed by atoms with E-state index in [0.29, 0.717) is 17.9 Å². The number of amidine groups is 1. The zero-order chi connectivity index (χ0) is 12.4. The van der Waals surface area contributed by atoms with Crippen LogP contribution in [-0.4, -0.2) is 24.7 Å². The van der Waals surface area contributed by atoms with Crippen molar-refractivity contribution >= 4 is 23.2 Å². The Morgan fingerprint density at radius 3 is 3.00 bits per heavy atom. The lowest BCUT2D eigenvalue weighted by atomic mass is 10.1. The van der Waals surface area contributed by atoms with Gasteiger partial charge in [-0.2, -0.15) is 0 Å². The zero-order valence-electron chi connectivity index (χ0n) is 9.39. The van der Waals surface area contributed by atoms with E-state index in [2.05, 4.69) is 10.3 Å². The van der Waals surface area contributed by atoms with Gasteiger partial charge < -0.3 is 5.32 Å². The number of benzene rings is 1. The standard InChI is InChI=1S/C12H12ClFN2O/c1-7-4-9(13)8(5-10(7)14)11(17)6-12-15-2-3-16-12/h4-5H,2-3,6H2,1H3,(H,15,16). The molecule has 0 fully saturated rings. The fourth-order valence-electron chi connectivity index (χ4n) is 1.67. The average Bonchev–Trinajstić information content (AvgIpc) is 2.76. The minimum absolute atomic E-state index is 0.141. The molecule has 90 valence electrons. The Bertz CT molecular complexity index is 500. The lowest BCUT2D eigenvalue weighted by Crippen LogP contribution is -2.21. The Hall–Kier alpha value is -1.42. The normalized spacial score (nSPS) is 14.4. The molecule has 17 heavy (non-hydrogen) atoms. The first kappa shape index (κ1) is 12.0. The Morgan fingerprint density at radius 2 is 2.35 bits per heavy atom. The van der Waals surface area contributed by atoms with Crippen LogP contribution >= 0.6 is 11.6 Å². The predicted octanol–water partition coefficient (Wildman–Crippen LogP) is 2.36. The average molecular weight is 255 g/mol. The smallest absolute Gasteiger partial charge is 0.171 e. The molecule has 3 nitrogen and oxygen atoms in total. The van der Waals surface area contributed by atoms with Crippen LogP contribution in [0.15, 0.2) is 17.1 Å². The van der Waals surface area contributed by atoms with Crippen LogP contribution in [0.1, 0.15) is 22.3 Å². The summed E-state index contributed by atoms with van der Waals surface area (Å²) in [5.74, 6) is 0.00756. The summed E-state index contributed by atoms with van der Waals surface area (Å²) in [5.41, 5.74) is 0.647. The summed E-state index contributed by atoms with van der Waals surface area (Å²) in [5, 5.41) is 3.28. The SMILES string of the molecule is Cc1cc(Cl)c(C(=O)CC2=NCCN2)cc1F. The van der Waals surface area contributed by atoms with Crippen molar-refractivity contribution in [1.82, 2.24) is 5.32 Å². The molecule has 0 atom stereocenters. The van der Waals surface area contributed by atoms with Gasteiger partial charge in [-0.25, -0.2) is 4.39 Å². The van der Waals surface area contributed by atoms with Gasteiger partial charge in [-0.3, -0.25) is 9.79 Å². The highest BCUT2D eigenvalue weighted by Crippen LogP contribution is 2.22. The molecule has 1 N–H and O–H groups in total. The van der Waals surface area contributed by atoms with Crippen molar-refractivity contribution in [3.05, 3.63) is 34.1 Å². The summed E-state index contributed by atoms with van der Waals surface area (Å²) in [6, 6.07) is 2.66. The summed E-state index contributed by atoms with van der Waals surface area (Å²) in [7, 11) is 0. The van der Waals surface area contributed by atoms with E-state index in [0.717, 1.165) is 6.54 Å². The van der Waals surface area contributed by atoms with E-state index in [1.807, 2.05) is 0 Å². The van der Waals surface area contributed by atoms with Gasteiger partial charge in [0, 0.05) is 12.1 Å². The molecule has 0 spiro atoms. The highest BCUT2D eigenvalue weighted by atomic mass is 35.5. The Balaban J connectivity index is 2.21. The quantitative estimate of drug-likeness (QED) is 0.842. The van der Waals surface area contributed by atoms with Crippen LogP contribution in [0.2, 0.25) is 5.02 Å². The Kier molecular flexibility index (Phi) is 3.43. The van der Waals surface area contributed by atoms with Crippen molar-refractivity contribution in [1.29, 1.82) is 0 Å². The van der Waals surface area contributed by atoms with Gasteiger partial charge in [-0.05, 0) is 24.6 Å². The molecule has 0 saturated carbocycles. The Morgan fingerprint density at radius 1 is 1.59 bits per heavy atom. The lowest BCUT2D eigenvalue weighted by Gasteiger charge is -2.06. The first-order chi connectivity index (χ1) is 8.08. The molecular weight excluding hydrogens is 243 g/mol. The summed E-state index contributed by atoms with van der Waals surface area (Å²) in [6.45, 7) is 3.04. The molecule has 1 aromatic rings. The van der Waals surface area contributed by atoms with Gasteiger partial charge in [0.2, 0.25) is 0 Å². The number of Topliss-reactive ketones (excluding diaryl/α,β-unsaturated/α-hetero) is 1. The zero-order valence-corrected chi connectivity index (χ0v) is 10.1. The molecule has 5 heteroatoms. The summed E-state index contributed by atoms with van der Waals surface area (Å²) < 4.78 is 13.4. The minimum Gasteiger partial charge on any atom is -0.372 e. The number of hydrogen-bond acceptors (Lipinski definition) is 3. The molecule has 0 radical (unpaired) electrons. The van der Waals surface area contributed by atoms with Crippen molar-refractivity contribution in [3.63, 3.8) is 0 Å². The van der Waals surface area contributed by atoms with Gasteiger partial charge in [0.25, 0.3) is 0 Å². The summed E-state index contributed by atoms with van der Waals surface area (Å²) in [4.78, 5) is 16.0. The second-order valence-electron chi connectivity index (χ2n) is 3.94. The molecule has 2 rings (SSSR count). The number of halogens is 2. The molecule has 0 amide bonds. The maximum atomic E-state index is 13.4. The van der Waals surface area contributed by atoms with Gasteiger partial charge in [0.15, 0.2) is 5.78 Å². The van der Waals surface area contributed by atoms with Crippen LogP contribution in [0.25, 0.3) is 0 Å². The molecule has 1 heterocycles. The minimum atomic E-state index is -0.418. The van der Waals surface area contributed by atoms with Crippen molar-refractivity contribution in [2.45, 2.75) is 13.3 Å². The van der Waals surface area contributed by atoms with Crippen LogP contribution in [0.5, 0.6) is 0 Å². The number of hydrogen-bond donors (Lipinski definition) is 1. The number of aliphatic imine (C=N–C) groups is 1. The van der Waals surface area contributed by atoms with E-state index in [1.54, 1.807) is 6.92 Å². The third-order valence-corrected chi connectivity index (χ3v) is 2.93. The number of ketones is 1. The molecule has 0 aromatic heterocycles. The van der Waals surface area contributed by atoms with Gasteiger partial charge in [-0.15, -0.1) is 0 Å². The van der Waals surface area contributed by atoms with Crippen molar-refractivity contribution in [3.8, 4) is 0 Å². The number of nitrogens with one attached hydrogen (secondary N) is 1. The van der Waals surface area contributed by atoms with E-state index in [1.165, 1.54) is 12.1 Å². The first-order valence-corrected chi connectivity index (χ1v) is 5.72. The number of carbonyl (C=O) groups is 1. The highest BCUT2D eigenvalue weighted by molar-refractivity contribution is 6.34. The third-order valence-electron chi connectivity index (χ3n) is 2.62. The first-order valence-electron chi connectivity index (χ1n) is 5.34. The van der Waals surface area contributed by atoms with E-state index in [9.17, 15) is 9.18 Å². The van der Waals surface area contributed by atoms with Gasteiger partial charge in [0.05, 0.1) is 18.0 Å². The third kappa shape index (κ3) is 2.64. The second kappa shape index (κ2) is 4.84. The molecule has 1 aliphatic heterocycles. The molecule has 0 aliphatic carbocycles. The number of aryl methyl sites for hydroxylation is 1. The molecule has 1 aromatic carbocycles. The van der Waals surface area contributed by atoms with Crippen molar-refractivity contribution in [2.75, 3.05) is 13.1 Å². The van der Waals surface area contributed by atoms with Crippen LogP contribution in [0.4, 0.5) is 4.39 Å². The van der Waals surface area contributed by atoms with Gasteiger partial charge >= 0.3 is 0 Å². The van der Waals surface area contributed by atoms with Crippen molar-refractivity contribution < 1.29 is 9.18 Å². The number of nitrogens with zero attached hydrogens (tertiary/aromatic N) is 1. The fraction of sp³-hybridized carbons (Fsp3) is 0.333. The van der Waals surface area contributed by atoms with Gasteiger partial charge in [0.1, 0.15) is 11.7 Å². The van der Waals surface area contributed by atoms with Crippen LogP contribution in [-0.2, 0) is 0 Å². The van der Waals surface area contributed by atoms with Crippen LogP contribution in [0, 0.1) is 12.7 Å². The van der Waals surface area contributed by atoms with E-state index in [4.69, 9.17) is 11.6 Å². The second-order valence-corrected chi connectivity index (χ2v) is 4.34. The summed E-state index contributed by atoms with van der Waals surface area (Å²) in [6.07, 6.45) is 0.141. The van der Waals surface area contributed by atoms with E-state index >= 15 is 0 Å². The molecule has 1 aliphatic rings. The maximum absolute atomic E-state index is 13.4. The molecule has 0 unspecified atom stereocenters. The van der Waals surface area contributed by atoms with E-state index < -0.39 is 5.82 Å². The molecular formula is C12H12ClFN2O. The van der Waals surface area contributed by atoms with Crippen molar-refractivity contribution in [2.24, 2.45) is 4.99 Å².